The standard InChI is InChI=1S/2C36H36N4O5S.Li.H2O/c2*1-3-45-35(43)30-19-25-12-15-40(29-7-5-4-6-27(29)31(25)46-30)34(42)24-8-10-26(11-9-24)38-33(41)28-18-23(2)20-37-32(28)39-21-36(22-39)13-16-44-17-14-36;;/h2*4-11,18-20H,3,12-17,21-22H2,1-2H3,(H,38,41);;1H2/q;;+1;/p-1. The van der Waals surface area contributed by atoms with Crippen molar-refractivity contribution in [2.75, 3.05) is 109 Å². The molecule has 4 fully saturated rings. The second-order valence-electron chi connectivity index (χ2n) is 24.6. The smallest absolute Gasteiger partial charge is 0.870 e. The van der Waals surface area contributed by atoms with Gasteiger partial charge in [-0.1, -0.05) is 36.4 Å². The number of esters is 2. The Morgan fingerprint density at radius 1 is 0.532 bits per heavy atom. The van der Waals surface area contributed by atoms with Crippen LogP contribution in [0.5, 0.6) is 0 Å². The fourth-order valence-corrected chi connectivity index (χ4v) is 15.6. The van der Waals surface area contributed by atoms with Crippen molar-refractivity contribution in [3.05, 3.63) is 188 Å². The number of aromatic nitrogens is 2. The van der Waals surface area contributed by atoms with Crippen LogP contribution in [-0.2, 0) is 31.8 Å². The fourth-order valence-electron chi connectivity index (χ4n) is 13.4. The number of amides is 4. The van der Waals surface area contributed by atoms with Crippen LogP contribution in [0.15, 0.2) is 134 Å². The summed E-state index contributed by atoms with van der Waals surface area (Å²) in [5.74, 6) is 0.0477. The van der Waals surface area contributed by atoms with E-state index in [4.69, 9.17) is 18.9 Å². The Morgan fingerprint density at radius 2 is 0.904 bits per heavy atom. The Kier molecular flexibility index (Phi) is 20.4. The number of benzene rings is 4. The van der Waals surface area contributed by atoms with E-state index in [1.54, 1.807) is 84.6 Å². The number of hydrogen-bond donors (Lipinski definition) is 2. The van der Waals surface area contributed by atoms with Crippen molar-refractivity contribution < 1.29 is 72.1 Å². The maximum absolute atomic E-state index is 13.9. The van der Waals surface area contributed by atoms with E-state index in [9.17, 15) is 28.8 Å². The molecule has 8 aromatic rings. The zero-order valence-electron chi connectivity index (χ0n) is 53.5. The summed E-state index contributed by atoms with van der Waals surface area (Å²) in [6.07, 6.45) is 8.98. The number of pyridine rings is 2. The van der Waals surface area contributed by atoms with Gasteiger partial charge in [-0.3, -0.25) is 19.2 Å². The van der Waals surface area contributed by atoms with E-state index < -0.39 is 0 Å². The number of carbonyl (C=O) groups is 6. The molecule has 4 aromatic carbocycles. The normalized spacial score (nSPS) is 16.2. The Labute approximate surface area is 566 Å². The monoisotopic (exact) mass is 1300 g/mol. The van der Waals surface area contributed by atoms with Crippen LogP contribution in [0.1, 0.15) is 123 Å². The maximum Gasteiger partial charge on any atom is 1.00 e. The number of ether oxygens (including phenoxy) is 4. The average Bonchev–Trinajstić information content (AvgIpc) is 0.908. The first-order valence-electron chi connectivity index (χ1n) is 31.5. The number of rotatable bonds is 12. The molecule has 22 heteroatoms. The van der Waals surface area contributed by atoms with Gasteiger partial charge < -0.3 is 54.7 Å². The predicted octanol–water partition coefficient (Wildman–Crippen LogP) is 9.56. The van der Waals surface area contributed by atoms with Crippen LogP contribution < -0.4 is 49.1 Å². The zero-order valence-corrected chi connectivity index (χ0v) is 55.1. The molecule has 480 valence electrons. The summed E-state index contributed by atoms with van der Waals surface area (Å²) < 4.78 is 21.6. The largest absolute Gasteiger partial charge is 1.00 e. The van der Waals surface area contributed by atoms with Gasteiger partial charge in [0.15, 0.2) is 0 Å². The van der Waals surface area contributed by atoms with E-state index in [0.29, 0.717) is 94.2 Å². The van der Waals surface area contributed by atoms with Crippen LogP contribution in [-0.4, -0.2) is 130 Å². The van der Waals surface area contributed by atoms with Crippen LogP contribution in [0.3, 0.4) is 0 Å². The molecule has 14 rings (SSSR count). The molecular weight excluding hydrogens is 1220 g/mol. The van der Waals surface area contributed by atoms with Crippen LogP contribution >= 0.6 is 22.7 Å². The quantitative estimate of drug-likeness (QED) is 0.0856. The molecule has 19 nitrogen and oxygen atoms in total. The number of carbonyl (C=O) groups excluding carboxylic acids is 6. The van der Waals surface area contributed by atoms with Gasteiger partial charge >= 0.3 is 30.8 Å². The Morgan fingerprint density at radius 3 is 1.28 bits per heavy atom. The summed E-state index contributed by atoms with van der Waals surface area (Å²) in [4.78, 5) is 100. The van der Waals surface area contributed by atoms with Crippen molar-refractivity contribution in [1.82, 2.24) is 9.97 Å². The molecule has 0 saturated carbocycles. The molecule has 0 bridgehead atoms. The third-order valence-electron chi connectivity index (χ3n) is 18.2. The van der Waals surface area contributed by atoms with Crippen molar-refractivity contribution in [3.63, 3.8) is 0 Å². The van der Waals surface area contributed by atoms with E-state index in [1.807, 2.05) is 86.6 Å². The predicted molar refractivity (Wildman–Crippen MR) is 360 cm³/mol. The number of anilines is 6. The number of nitrogens with zero attached hydrogens (tertiary/aromatic N) is 6. The van der Waals surface area contributed by atoms with Gasteiger partial charge in [0.25, 0.3) is 23.6 Å². The minimum absolute atomic E-state index is 0. The van der Waals surface area contributed by atoms with E-state index in [2.05, 4.69) is 30.4 Å². The Bertz CT molecular complexity index is 3880. The first-order valence-corrected chi connectivity index (χ1v) is 33.2. The molecule has 0 radical (unpaired) electrons. The number of fused-ring (bicyclic) bond motifs is 6. The molecular formula is C72H73LiN8O11S2. The second kappa shape index (κ2) is 28.6. The topological polar surface area (TPSA) is 232 Å². The molecule has 6 aliphatic heterocycles. The third kappa shape index (κ3) is 13.7. The Hall–Kier alpha value is -8.52. The van der Waals surface area contributed by atoms with E-state index in [-0.39, 0.29) is 70.7 Å². The first-order chi connectivity index (χ1) is 44.7. The molecule has 0 aliphatic carbocycles. The van der Waals surface area contributed by atoms with Crippen molar-refractivity contribution in [1.29, 1.82) is 0 Å². The number of para-hydroxylation sites is 2. The molecule has 3 N–H and O–H groups in total. The molecule has 94 heavy (non-hydrogen) atoms. The number of aryl methyl sites for hydroxylation is 2. The van der Waals surface area contributed by atoms with Gasteiger partial charge in [0.2, 0.25) is 0 Å². The van der Waals surface area contributed by atoms with Gasteiger partial charge in [-0.2, -0.15) is 0 Å². The van der Waals surface area contributed by atoms with E-state index >= 15 is 0 Å². The zero-order chi connectivity index (χ0) is 63.7. The van der Waals surface area contributed by atoms with Crippen molar-refractivity contribution in [2.24, 2.45) is 10.8 Å². The maximum atomic E-state index is 13.9. The van der Waals surface area contributed by atoms with Gasteiger partial charge in [-0.15, -0.1) is 22.7 Å². The molecule has 0 unspecified atom stereocenters. The van der Waals surface area contributed by atoms with Gasteiger partial charge in [-0.05, 0) is 173 Å². The number of thiophene rings is 2. The number of nitrogens with one attached hydrogen (secondary N) is 2. The second-order valence-corrected chi connectivity index (χ2v) is 26.7. The average molecular weight is 1300 g/mol. The molecule has 0 atom stereocenters. The van der Waals surface area contributed by atoms with Gasteiger partial charge in [-0.25, -0.2) is 19.6 Å². The molecule has 6 aliphatic rings. The first kappa shape index (κ1) is 66.9. The van der Waals surface area contributed by atoms with Crippen LogP contribution in [0, 0.1) is 24.7 Å². The molecule has 4 aromatic heterocycles. The summed E-state index contributed by atoms with van der Waals surface area (Å²) in [5, 5.41) is 6.03. The Balaban J connectivity index is 0.000000188. The summed E-state index contributed by atoms with van der Waals surface area (Å²) in [6, 6.07) is 37.2. The SMILES string of the molecule is CCOC(=O)c1cc2c(s1)-c1ccccc1N(C(=O)c1ccc(NC(=O)c3cc(C)cnc3N3CC4(CCOCC4)C3)cc1)CC2.CCOC(=O)c1cc2c(s1)-c1ccccc1N(C(=O)c1ccc(NC(=O)c3cc(C)cnc3N3CC4(CCOCC4)C3)cc1)CC2.[Li+].[OH-]. The fraction of sp³-hybridized carbons (Fsp3) is 0.333. The van der Waals surface area contributed by atoms with Crippen molar-refractivity contribution in [3.8, 4) is 20.9 Å². The molecule has 10 heterocycles. The number of hydrogen-bond acceptors (Lipinski definition) is 17. The van der Waals surface area contributed by atoms with Crippen LogP contribution in [0.4, 0.5) is 34.4 Å². The van der Waals surface area contributed by atoms with Gasteiger partial charge in [0.1, 0.15) is 21.4 Å². The summed E-state index contributed by atoms with van der Waals surface area (Å²) in [6.45, 7) is 15.7. The van der Waals surface area contributed by atoms with Gasteiger partial charge in [0, 0.05) is 132 Å². The summed E-state index contributed by atoms with van der Waals surface area (Å²) in [5.41, 5.74) is 11.2. The summed E-state index contributed by atoms with van der Waals surface area (Å²) in [7, 11) is 0. The minimum atomic E-state index is -0.322. The molecule has 4 amide bonds. The van der Waals surface area contributed by atoms with E-state index in [1.165, 1.54) is 22.7 Å². The van der Waals surface area contributed by atoms with Crippen molar-refractivity contribution in [2.45, 2.75) is 66.2 Å². The summed E-state index contributed by atoms with van der Waals surface area (Å²) >= 11 is 2.81. The van der Waals surface area contributed by atoms with Gasteiger partial charge in [0.05, 0.1) is 35.7 Å². The molecule has 4 saturated heterocycles. The molecule has 2 spiro atoms. The minimum Gasteiger partial charge on any atom is -0.870 e. The van der Waals surface area contributed by atoms with Crippen LogP contribution in [0.2, 0.25) is 0 Å². The van der Waals surface area contributed by atoms with Crippen molar-refractivity contribution >= 4 is 92.6 Å². The third-order valence-corrected chi connectivity index (χ3v) is 20.6. The van der Waals surface area contributed by atoms with Crippen LogP contribution in [0.25, 0.3) is 20.9 Å². The van der Waals surface area contributed by atoms with E-state index in [0.717, 1.165) is 133 Å².